The fourth-order valence-corrected chi connectivity index (χ4v) is 8.84. The molecule has 2 spiro atoms. The Morgan fingerprint density at radius 2 is 1.57 bits per heavy atom. The molecule has 2 saturated heterocycles. The number of rotatable bonds is 9. The van der Waals surface area contributed by atoms with E-state index in [2.05, 4.69) is 54.9 Å². The molecule has 2 heterocycles. The average molecular weight is 614 g/mol. The van der Waals surface area contributed by atoms with E-state index in [9.17, 15) is 19.5 Å². The van der Waals surface area contributed by atoms with E-state index in [4.69, 9.17) is 0 Å². The number of aliphatic hydroxyl groups excluding tert-OH is 1. The minimum Gasteiger partial charge on any atom is -0.511 e. The molecular formula is C35H59N5O4. The van der Waals surface area contributed by atoms with E-state index in [0.717, 1.165) is 44.5 Å². The summed E-state index contributed by atoms with van der Waals surface area (Å²) in [5.41, 5.74) is -0.178. The van der Waals surface area contributed by atoms with Gasteiger partial charge in [0.15, 0.2) is 0 Å². The fraction of sp³-hybridized carbons (Fsp3) is 0.800. The van der Waals surface area contributed by atoms with Gasteiger partial charge in [0.2, 0.25) is 17.7 Å². The van der Waals surface area contributed by atoms with Crippen molar-refractivity contribution in [1.29, 1.82) is 0 Å². The third-order valence-electron chi connectivity index (χ3n) is 11.8. The first-order valence-corrected chi connectivity index (χ1v) is 16.6. The van der Waals surface area contributed by atoms with Crippen LogP contribution in [0, 0.1) is 33.0 Å². The average Bonchev–Trinajstić information content (AvgIpc) is 3.11. The first-order valence-electron chi connectivity index (χ1n) is 16.6. The van der Waals surface area contributed by atoms with Gasteiger partial charge in [-0.1, -0.05) is 75.0 Å². The number of nitrogens with zero attached hydrogens (tertiary/aromatic N) is 2. The predicted octanol–water partition coefficient (Wildman–Crippen LogP) is 4.36. The lowest BCUT2D eigenvalue weighted by molar-refractivity contribution is -0.144. The normalized spacial score (nSPS) is 29.0. The summed E-state index contributed by atoms with van der Waals surface area (Å²) in [6, 6.07) is -2.12. The number of amides is 3. The standard InChI is InChI=1S/C35H59N5O4/c1-22(41)19-36-28(42)25-18-35(33(9,10)34(35)15-13-16-34)21-40(25)30(44)27(32(6,7)8)38-29(43)26(31(3,4)5)37-23(2)24-14-12-17-39(11)20-24/h24-27,37,41H,1-2,12-21H2,3-11H3,(H,36,42)(H,38,43)/t24-,25-,26+,27-,35?/m0/s1. The molecule has 0 aromatic carbocycles. The molecule has 4 fully saturated rings. The molecule has 9 heteroatoms. The number of likely N-dealkylation sites (tertiary alicyclic amines) is 2. The highest BCUT2D eigenvalue weighted by molar-refractivity contribution is 5.94. The summed E-state index contributed by atoms with van der Waals surface area (Å²) >= 11 is 0. The van der Waals surface area contributed by atoms with Gasteiger partial charge >= 0.3 is 0 Å². The van der Waals surface area contributed by atoms with Gasteiger partial charge in [0.25, 0.3) is 0 Å². The lowest BCUT2D eigenvalue weighted by Gasteiger charge is -2.39. The zero-order valence-corrected chi connectivity index (χ0v) is 28.9. The van der Waals surface area contributed by atoms with Crippen LogP contribution in [0.25, 0.3) is 0 Å². The van der Waals surface area contributed by atoms with Crippen LogP contribution in [0.3, 0.4) is 0 Å². The summed E-state index contributed by atoms with van der Waals surface area (Å²) in [4.78, 5) is 46.4. The molecule has 1 unspecified atom stereocenters. The van der Waals surface area contributed by atoms with Gasteiger partial charge in [-0.05, 0) is 67.4 Å². The van der Waals surface area contributed by atoms with Crippen molar-refractivity contribution in [1.82, 2.24) is 25.8 Å². The third-order valence-corrected chi connectivity index (χ3v) is 11.8. The minimum atomic E-state index is -0.840. The van der Waals surface area contributed by atoms with Gasteiger partial charge in [-0.25, -0.2) is 0 Å². The largest absolute Gasteiger partial charge is 0.511 e. The highest BCUT2D eigenvalue weighted by Gasteiger charge is 2.85. The smallest absolute Gasteiger partial charge is 0.246 e. The number of piperidine rings is 1. The van der Waals surface area contributed by atoms with Crippen LogP contribution >= 0.6 is 0 Å². The Kier molecular flexibility index (Phi) is 9.10. The first-order chi connectivity index (χ1) is 20.2. The van der Waals surface area contributed by atoms with Crippen LogP contribution in [0.2, 0.25) is 0 Å². The van der Waals surface area contributed by atoms with Crippen LogP contribution < -0.4 is 16.0 Å². The van der Waals surface area contributed by atoms with Crippen molar-refractivity contribution in [2.45, 2.75) is 112 Å². The summed E-state index contributed by atoms with van der Waals surface area (Å²) < 4.78 is 0. The van der Waals surface area contributed by atoms with Crippen molar-refractivity contribution in [2.75, 3.05) is 33.2 Å². The Balaban J connectivity index is 1.59. The Morgan fingerprint density at radius 1 is 0.955 bits per heavy atom. The number of hydrogen-bond donors (Lipinski definition) is 4. The van der Waals surface area contributed by atoms with Crippen LogP contribution in [0.15, 0.2) is 24.6 Å². The van der Waals surface area contributed by atoms with Gasteiger partial charge in [-0.15, -0.1) is 0 Å². The van der Waals surface area contributed by atoms with E-state index in [1.165, 1.54) is 6.42 Å². The Bertz CT molecular complexity index is 1180. The second kappa shape index (κ2) is 11.7. The molecule has 3 amide bonds. The van der Waals surface area contributed by atoms with Gasteiger partial charge in [-0.2, -0.15) is 0 Å². The number of aliphatic hydroxyl groups is 1. The lowest BCUT2D eigenvalue weighted by Crippen LogP contribution is -2.61. The topological polar surface area (TPSA) is 114 Å². The van der Waals surface area contributed by atoms with Gasteiger partial charge in [0.1, 0.15) is 23.9 Å². The zero-order chi connectivity index (χ0) is 33.0. The molecule has 2 aliphatic carbocycles. The molecule has 9 nitrogen and oxygen atoms in total. The molecule has 0 bridgehead atoms. The maximum Gasteiger partial charge on any atom is 0.246 e. The van der Waals surface area contributed by atoms with Crippen LogP contribution in [0.1, 0.15) is 93.9 Å². The maximum absolute atomic E-state index is 14.6. The van der Waals surface area contributed by atoms with Gasteiger partial charge < -0.3 is 30.9 Å². The molecule has 4 N–H and O–H groups in total. The Morgan fingerprint density at radius 3 is 2.05 bits per heavy atom. The molecule has 4 rings (SSSR count). The SMILES string of the molecule is C=C(O)CNC(=O)[C@@H]1CC2(CN1C(=O)[C@H](NC(=O)[C@@H](NC(=C)[C@H]1CCCN(C)C1)C(C)(C)C)C(C)(C)C)C(C)(C)C21CCC1. The van der Waals surface area contributed by atoms with E-state index in [1.807, 2.05) is 41.5 Å². The van der Waals surface area contributed by atoms with Crippen molar-refractivity contribution in [2.24, 2.45) is 33.0 Å². The van der Waals surface area contributed by atoms with Crippen molar-refractivity contribution in [3.63, 3.8) is 0 Å². The number of carbonyl (C=O) groups is 3. The highest BCUT2D eigenvalue weighted by Crippen LogP contribution is 2.88. The van der Waals surface area contributed by atoms with E-state index in [0.29, 0.717) is 13.0 Å². The number of fused-ring (bicyclic) bond motifs is 1. The minimum absolute atomic E-state index is 0.0155. The number of nitrogens with one attached hydrogen (secondary N) is 3. The van der Waals surface area contributed by atoms with Crippen molar-refractivity contribution in [3.05, 3.63) is 24.6 Å². The summed E-state index contributed by atoms with van der Waals surface area (Å²) in [7, 11) is 2.11. The van der Waals surface area contributed by atoms with E-state index in [1.54, 1.807) is 4.90 Å². The number of hydrogen-bond acceptors (Lipinski definition) is 6. The van der Waals surface area contributed by atoms with E-state index >= 15 is 0 Å². The Hall–Kier alpha value is -2.55. The molecule has 2 saturated carbocycles. The zero-order valence-electron chi connectivity index (χ0n) is 28.9. The van der Waals surface area contributed by atoms with Crippen molar-refractivity contribution < 1.29 is 19.5 Å². The molecule has 0 aromatic rings. The van der Waals surface area contributed by atoms with Gasteiger partial charge in [0, 0.05) is 30.1 Å². The number of carbonyl (C=O) groups excluding carboxylic acids is 3. The second-order valence-electron chi connectivity index (χ2n) is 17.0. The molecule has 2 aliphatic heterocycles. The summed E-state index contributed by atoms with van der Waals surface area (Å²) in [5, 5.41) is 19.1. The predicted molar refractivity (Wildman–Crippen MR) is 175 cm³/mol. The van der Waals surface area contributed by atoms with Crippen LogP contribution in [0.4, 0.5) is 0 Å². The van der Waals surface area contributed by atoms with Crippen LogP contribution in [-0.2, 0) is 14.4 Å². The molecule has 4 aliphatic rings. The molecular weight excluding hydrogens is 554 g/mol. The fourth-order valence-electron chi connectivity index (χ4n) is 8.84. The first kappa shape index (κ1) is 34.3. The van der Waals surface area contributed by atoms with Crippen LogP contribution in [0.5, 0.6) is 0 Å². The quantitative estimate of drug-likeness (QED) is 0.288. The maximum atomic E-state index is 14.6. The van der Waals surface area contributed by atoms with Gasteiger partial charge in [-0.3, -0.25) is 14.4 Å². The van der Waals surface area contributed by atoms with Gasteiger partial charge in [0.05, 0.1) is 6.54 Å². The second-order valence-corrected chi connectivity index (χ2v) is 17.0. The van der Waals surface area contributed by atoms with Crippen molar-refractivity contribution in [3.8, 4) is 0 Å². The lowest BCUT2D eigenvalue weighted by atomic mass is 9.73. The summed E-state index contributed by atoms with van der Waals surface area (Å²) in [6.07, 6.45) is 6.10. The third kappa shape index (κ3) is 5.90. The summed E-state index contributed by atoms with van der Waals surface area (Å²) in [5.74, 6) is -0.645. The Labute approximate surface area is 265 Å². The highest BCUT2D eigenvalue weighted by atomic mass is 16.3. The molecule has 0 radical (unpaired) electrons. The molecule has 5 atom stereocenters. The molecule has 248 valence electrons. The van der Waals surface area contributed by atoms with Crippen molar-refractivity contribution >= 4 is 17.7 Å². The monoisotopic (exact) mass is 613 g/mol. The van der Waals surface area contributed by atoms with E-state index in [-0.39, 0.29) is 52.2 Å². The summed E-state index contributed by atoms with van der Waals surface area (Å²) in [6.45, 7) is 26.7. The van der Waals surface area contributed by atoms with E-state index < -0.39 is 29.0 Å². The molecule has 0 aromatic heterocycles. The van der Waals surface area contributed by atoms with Crippen LogP contribution in [-0.4, -0.2) is 84.0 Å². The molecule has 44 heavy (non-hydrogen) atoms.